The molecular weight excluding hydrogens is 286 g/mol. The molecule has 4 rings (SSSR count). The van der Waals surface area contributed by atoms with Crippen LogP contribution in [0, 0.1) is 5.92 Å². The van der Waals surface area contributed by atoms with Gasteiger partial charge in [-0.1, -0.05) is 36.4 Å². The Morgan fingerprint density at radius 1 is 1.09 bits per heavy atom. The van der Waals surface area contributed by atoms with Gasteiger partial charge in [-0.3, -0.25) is 9.13 Å². The van der Waals surface area contributed by atoms with Gasteiger partial charge in [-0.05, 0) is 48.9 Å². The molecule has 1 aromatic heterocycles. The summed E-state index contributed by atoms with van der Waals surface area (Å²) in [7, 11) is 0. The lowest BCUT2D eigenvalue weighted by atomic mass is 10.1. The van der Waals surface area contributed by atoms with Crippen LogP contribution in [0.2, 0.25) is 0 Å². The molecule has 118 valence electrons. The molecule has 2 aromatic carbocycles. The minimum Gasteiger partial charge on any atom is -0.311 e. The van der Waals surface area contributed by atoms with Gasteiger partial charge in [0.1, 0.15) is 0 Å². The summed E-state index contributed by atoms with van der Waals surface area (Å²) in [5.41, 5.74) is 10.2. The molecule has 1 atom stereocenters. The van der Waals surface area contributed by atoms with E-state index < -0.39 is 0 Å². The van der Waals surface area contributed by atoms with Crippen molar-refractivity contribution in [1.82, 2.24) is 9.13 Å². The quantitative estimate of drug-likeness (QED) is 0.803. The number of hydrogen-bond donors (Lipinski definition) is 1. The smallest absolute Gasteiger partial charge is 0.311 e. The van der Waals surface area contributed by atoms with Crippen LogP contribution in [0.1, 0.15) is 25.9 Å². The molecule has 0 aliphatic heterocycles. The van der Waals surface area contributed by atoms with Crippen molar-refractivity contribution < 1.29 is 0 Å². The molecule has 1 aliphatic carbocycles. The third-order valence-corrected chi connectivity index (χ3v) is 4.61. The number of benzene rings is 2. The first-order valence-corrected chi connectivity index (χ1v) is 8.21. The standard InChI is InChI=1S/C19H21N3O/c1-13(20)22-18-11-16(15-5-3-2-4-6-15)9-10-17(18)21(19(22)23)12-14-7-8-14/h2-6,9-11,13-14H,7-8,12,20H2,1H3. The molecule has 1 aliphatic rings. The normalized spacial score (nSPS) is 15.9. The molecular formula is C19H21N3O. The summed E-state index contributed by atoms with van der Waals surface area (Å²) in [6.45, 7) is 2.66. The fraction of sp³-hybridized carbons (Fsp3) is 0.316. The predicted octanol–water partition coefficient (Wildman–Crippen LogP) is 3.36. The lowest BCUT2D eigenvalue weighted by Crippen LogP contribution is -2.30. The van der Waals surface area contributed by atoms with Crippen molar-refractivity contribution in [3.63, 3.8) is 0 Å². The van der Waals surface area contributed by atoms with Crippen LogP contribution in [0.4, 0.5) is 0 Å². The molecule has 1 heterocycles. The second-order valence-electron chi connectivity index (χ2n) is 6.52. The van der Waals surface area contributed by atoms with Crippen molar-refractivity contribution in [3.05, 3.63) is 59.0 Å². The van der Waals surface area contributed by atoms with Gasteiger partial charge in [0.15, 0.2) is 0 Å². The van der Waals surface area contributed by atoms with Crippen LogP contribution in [0.25, 0.3) is 22.2 Å². The van der Waals surface area contributed by atoms with Crippen LogP contribution < -0.4 is 11.4 Å². The zero-order valence-electron chi connectivity index (χ0n) is 13.3. The Hall–Kier alpha value is -2.33. The third kappa shape index (κ3) is 2.49. The summed E-state index contributed by atoms with van der Waals surface area (Å²) in [6, 6.07) is 16.4. The Balaban J connectivity index is 1.93. The molecule has 4 heteroatoms. The van der Waals surface area contributed by atoms with E-state index in [1.165, 1.54) is 12.8 Å². The Morgan fingerprint density at radius 2 is 1.83 bits per heavy atom. The van der Waals surface area contributed by atoms with Gasteiger partial charge in [0, 0.05) is 6.54 Å². The van der Waals surface area contributed by atoms with Crippen molar-refractivity contribution in [1.29, 1.82) is 0 Å². The fourth-order valence-corrected chi connectivity index (χ4v) is 3.22. The highest BCUT2D eigenvalue weighted by Crippen LogP contribution is 2.32. The van der Waals surface area contributed by atoms with Crippen LogP contribution in [-0.2, 0) is 6.54 Å². The molecule has 1 unspecified atom stereocenters. The number of imidazole rings is 1. The Morgan fingerprint density at radius 3 is 2.48 bits per heavy atom. The average Bonchev–Trinajstić information content (AvgIpc) is 3.33. The first-order valence-electron chi connectivity index (χ1n) is 8.21. The minimum absolute atomic E-state index is 0.00658. The van der Waals surface area contributed by atoms with Gasteiger partial charge >= 0.3 is 5.69 Å². The molecule has 23 heavy (non-hydrogen) atoms. The summed E-state index contributed by atoms with van der Waals surface area (Å²) in [5, 5.41) is 0. The number of rotatable bonds is 4. The number of nitrogens with zero attached hydrogens (tertiary/aromatic N) is 2. The van der Waals surface area contributed by atoms with Crippen molar-refractivity contribution in [2.24, 2.45) is 11.7 Å². The van der Waals surface area contributed by atoms with E-state index in [0.717, 1.165) is 28.7 Å². The summed E-state index contributed by atoms with van der Waals surface area (Å²) in [6.07, 6.45) is 2.11. The second kappa shape index (κ2) is 5.39. The van der Waals surface area contributed by atoms with E-state index in [-0.39, 0.29) is 11.9 Å². The first kappa shape index (κ1) is 14.3. The molecule has 0 spiro atoms. The highest BCUT2D eigenvalue weighted by molar-refractivity contribution is 5.83. The maximum atomic E-state index is 12.8. The second-order valence-corrected chi connectivity index (χ2v) is 6.52. The van der Waals surface area contributed by atoms with Gasteiger partial charge in [0.25, 0.3) is 0 Å². The van der Waals surface area contributed by atoms with Gasteiger partial charge in [-0.15, -0.1) is 0 Å². The Bertz CT molecular complexity index is 902. The van der Waals surface area contributed by atoms with Crippen LogP contribution in [0.3, 0.4) is 0 Å². The van der Waals surface area contributed by atoms with E-state index in [9.17, 15) is 4.79 Å². The van der Waals surface area contributed by atoms with E-state index in [0.29, 0.717) is 5.92 Å². The summed E-state index contributed by atoms with van der Waals surface area (Å²) in [5.74, 6) is 0.647. The molecule has 0 radical (unpaired) electrons. The van der Waals surface area contributed by atoms with Gasteiger partial charge < -0.3 is 5.73 Å². The Kier molecular flexibility index (Phi) is 3.34. The zero-order valence-corrected chi connectivity index (χ0v) is 13.3. The highest BCUT2D eigenvalue weighted by Gasteiger charge is 2.25. The molecule has 1 saturated carbocycles. The fourth-order valence-electron chi connectivity index (χ4n) is 3.22. The average molecular weight is 307 g/mol. The largest absolute Gasteiger partial charge is 0.330 e. The molecule has 4 nitrogen and oxygen atoms in total. The highest BCUT2D eigenvalue weighted by atomic mass is 16.1. The monoisotopic (exact) mass is 307 g/mol. The molecule has 2 N–H and O–H groups in total. The van der Waals surface area contributed by atoms with Crippen LogP contribution >= 0.6 is 0 Å². The maximum absolute atomic E-state index is 12.8. The first-order chi connectivity index (χ1) is 11.1. The number of fused-ring (bicyclic) bond motifs is 1. The molecule has 0 amide bonds. The summed E-state index contributed by atoms with van der Waals surface area (Å²) < 4.78 is 3.61. The topological polar surface area (TPSA) is 52.9 Å². The summed E-state index contributed by atoms with van der Waals surface area (Å²) >= 11 is 0. The van der Waals surface area contributed by atoms with Gasteiger partial charge in [-0.2, -0.15) is 0 Å². The zero-order chi connectivity index (χ0) is 16.0. The van der Waals surface area contributed by atoms with E-state index in [2.05, 4.69) is 30.3 Å². The van der Waals surface area contributed by atoms with Crippen LogP contribution in [-0.4, -0.2) is 9.13 Å². The van der Waals surface area contributed by atoms with E-state index in [4.69, 9.17) is 5.73 Å². The molecule has 0 saturated heterocycles. The summed E-state index contributed by atoms with van der Waals surface area (Å²) in [4.78, 5) is 12.8. The van der Waals surface area contributed by atoms with Gasteiger partial charge in [0.05, 0.1) is 17.2 Å². The van der Waals surface area contributed by atoms with E-state index >= 15 is 0 Å². The minimum atomic E-state index is -0.337. The van der Waals surface area contributed by atoms with Crippen molar-refractivity contribution in [3.8, 4) is 11.1 Å². The van der Waals surface area contributed by atoms with Gasteiger partial charge in [0.2, 0.25) is 0 Å². The number of nitrogens with two attached hydrogens (primary N) is 1. The van der Waals surface area contributed by atoms with Crippen molar-refractivity contribution >= 4 is 11.0 Å². The van der Waals surface area contributed by atoms with Crippen LogP contribution in [0.15, 0.2) is 53.3 Å². The molecule has 0 bridgehead atoms. The lowest BCUT2D eigenvalue weighted by Gasteiger charge is -2.08. The predicted molar refractivity (Wildman–Crippen MR) is 93.3 cm³/mol. The SMILES string of the molecule is CC(N)n1c(=O)n(CC2CC2)c2ccc(-c3ccccc3)cc21. The van der Waals surface area contributed by atoms with Crippen molar-refractivity contribution in [2.45, 2.75) is 32.5 Å². The molecule has 3 aromatic rings. The number of hydrogen-bond acceptors (Lipinski definition) is 2. The third-order valence-electron chi connectivity index (χ3n) is 4.61. The van der Waals surface area contributed by atoms with Crippen molar-refractivity contribution in [2.75, 3.05) is 0 Å². The van der Waals surface area contributed by atoms with E-state index in [1.54, 1.807) is 4.57 Å². The maximum Gasteiger partial charge on any atom is 0.330 e. The number of aromatic nitrogens is 2. The van der Waals surface area contributed by atoms with Gasteiger partial charge in [-0.25, -0.2) is 4.79 Å². The molecule has 1 fully saturated rings. The van der Waals surface area contributed by atoms with E-state index in [1.807, 2.05) is 29.7 Å². The lowest BCUT2D eigenvalue weighted by molar-refractivity contribution is 0.531. The van der Waals surface area contributed by atoms with Crippen LogP contribution in [0.5, 0.6) is 0 Å². The Labute approximate surface area is 135 Å².